The van der Waals surface area contributed by atoms with Crippen molar-refractivity contribution in [3.05, 3.63) is 47.3 Å². The zero-order valence-electron chi connectivity index (χ0n) is 10.3. The summed E-state index contributed by atoms with van der Waals surface area (Å²) in [6.45, 7) is 2.12. The molecule has 1 unspecified atom stereocenters. The third kappa shape index (κ3) is 1.67. The second kappa shape index (κ2) is 4.00. The summed E-state index contributed by atoms with van der Waals surface area (Å²) in [4.78, 5) is 0. The van der Waals surface area contributed by atoms with Crippen molar-refractivity contribution in [1.29, 1.82) is 0 Å². The minimum atomic E-state index is 0.426. The van der Waals surface area contributed by atoms with Crippen molar-refractivity contribution >= 4 is 0 Å². The van der Waals surface area contributed by atoms with E-state index in [2.05, 4.69) is 42.7 Å². The summed E-state index contributed by atoms with van der Waals surface area (Å²) in [6.07, 6.45) is 4.48. The molecule has 0 bridgehead atoms. The smallest absolute Gasteiger partial charge is 0.0830 e. The Morgan fingerprint density at radius 2 is 2.18 bits per heavy atom. The second-order valence-electron chi connectivity index (χ2n) is 4.65. The number of rotatable bonds is 2. The molecular weight excluding hydrogens is 210 g/mol. The van der Waals surface area contributed by atoms with Gasteiger partial charge in [-0.3, -0.25) is 0 Å². The molecule has 0 radical (unpaired) electrons. The third-order valence-electron chi connectivity index (χ3n) is 3.57. The highest BCUT2D eigenvalue weighted by Gasteiger charge is 2.25. The van der Waals surface area contributed by atoms with Crippen LogP contribution in [0.15, 0.2) is 30.5 Å². The molecule has 3 rings (SSSR count). The second-order valence-corrected chi connectivity index (χ2v) is 4.65. The average Bonchev–Trinajstić information content (AvgIpc) is 2.88. The van der Waals surface area contributed by atoms with Crippen LogP contribution in [-0.2, 0) is 6.42 Å². The van der Waals surface area contributed by atoms with Crippen molar-refractivity contribution in [2.45, 2.75) is 25.8 Å². The van der Waals surface area contributed by atoms with Gasteiger partial charge in [-0.25, -0.2) is 4.68 Å². The molecule has 1 aromatic carbocycles. The summed E-state index contributed by atoms with van der Waals surface area (Å²) >= 11 is 0. The molecule has 1 aromatic heterocycles. The SMILES string of the molecule is CNC1CCc2cn(-c3ccccc3C)nc21. The molecule has 0 amide bonds. The van der Waals surface area contributed by atoms with E-state index in [-0.39, 0.29) is 0 Å². The molecule has 1 heterocycles. The Bertz CT molecular complexity index is 542. The van der Waals surface area contributed by atoms with Crippen molar-refractivity contribution in [3.63, 3.8) is 0 Å². The fourth-order valence-corrected chi connectivity index (χ4v) is 2.57. The van der Waals surface area contributed by atoms with Gasteiger partial charge in [-0.1, -0.05) is 18.2 Å². The molecule has 1 N–H and O–H groups in total. The van der Waals surface area contributed by atoms with E-state index in [1.165, 1.54) is 28.9 Å². The lowest BCUT2D eigenvalue weighted by molar-refractivity contribution is 0.566. The molecule has 3 heteroatoms. The molecule has 1 aliphatic rings. The molecule has 0 spiro atoms. The normalized spacial score (nSPS) is 18.4. The molecule has 0 saturated carbocycles. The maximum atomic E-state index is 4.73. The highest BCUT2D eigenvalue weighted by molar-refractivity contribution is 5.41. The summed E-state index contributed by atoms with van der Waals surface area (Å²) in [7, 11) is 2.01. The molecule has 1 atom stereocenters. The van der Waals surface area contributed by atoms with Crippen molar-refractivity contribution in [2.24, 2.45) is 0 Å². The number of hydrogen-bond acceptors (Lipinski definition) is 2. The first-order valence-corrected chi connectivity index (χ1v) is 6.11. The zero-order valence-corrected chi connectivity index (χ0v) is 10.3. The largest absolute Gasteiger partial charge is 0.312 e. The van der Waals surface area contributed by atoms with E-state index >= 15 is 0 Å². The number of fused-ring (bicyclic) bond motifs is 1. The summed E-state index contributed by atoms with van der Waals surface area (Å²) < 4.78 is 2.02. The van der Waals surface area contributed by atoms with Gasteiger partial charge in [0.2, 0.25) is 0 Å². The van der Waals surface area contributed by atoms with E-state index in [0.29, 0.717) is 6.04 Å². The fourth-order valence-electron chi connectivity index (χ4n) is 2.57. The van der Waals surface area contributed by atoms with Crippen molar-refractivity contribution in [1.82, 2.24) is 15.1 Å². The number of benzene rings is 1. The Morgan fingerprint density at radius 1 is 1.35 bits per heavy atom. The van der Waals surface area contributed by atoms with Crippen LogP contribution in [0.25, 0.3) is 5.69 Å². The van der Waals surface area contributed by atoms with Gasteiger partial charge >= 0.3 is 0 Å². The van der Waals surface area contributed by atoms with Gasteiger partial charge in [0.25, 0.3) is 0 Å². The highest BCUT2D eigenvalue weighted by Crippen LogP contribution is 2.30. The Labute approximate surface area is 101 Å². The lowest BCUT2D eigenvalue weighted by Gasteiger charge is -2.08. The molecule has 0 aliphatic heterocycles. The van der Waals surface area contributed by atoms with E-state index in [4.69, 9.17) is 5.10 Å². The first-order chi connectivity index (χ1) is 8.29. The van der Waals surface area contributed by atoms with Crippen molar-refractivity contribution in [3.8, 4) is 5.69 Å². The minimum absolute atomic E-state index is 0.426. The molecule has 3 nitrogen and oxygen atoms in total. The van der Waals surface area contributed by atoms with Crippen LogP contribution in [0.5, 0.6) is 0 Å². The lowest BCUT2D eigenvalue weighted by Crippen LogP contribution is -2.14. The number of aryl methyl sites for hydroxylation is 2. The number of hydrogen-bond donors (Lipinski definition) is 1. The van der Waals surface area contributed by atoms with E-state index in [1.807, 2.05) is 11.7 Å². The van der Waals surface area contributed by atoms with Gasteiger partial charge in [-0.05, 0) is 44.0 Å². The maximum Gasteiger partial charge on any atom is 0.0830 e. The van der Waals surface area contributed by atoms with Crippen LogP contribution >= 0.6 is 0 Å². The van der Waals surface area contributed by atoms with E-state index in [9.17, 15) is 0 Å². The highest BCUT2D eigenvalue weighted by atomic mass is 15.3. The molecule has 88 valence electrons. The number of para-hydroxylation sites is 1. The first-order valence-electron chi connectivity index (χ1n) is 6.11. The van der Waals surface area contributed by atoms with E-state index in [0.717, 1.165) is 6.42 Å². The summed E-state index contributed by atoms with van der Waals surface area (Å²) in [5.41, 5.74) is 5.04. The third-order valence-corrected chi connectivity index (χ3v) is 3.57. The van der Waals surface area contributed by atoms with E-state index in [1.54, 1.807) is 0 Å². The van der Waals surface area contributed by atoms with Crippen molar-refractivity contribution < 1.29 is 0 Å². The van der Waals surface area contributed by atoms with Gasteiger partial charge in [-0.15, -0.1) is 0 Å². The average molecular weight is 227 g/mol. The predicted molar refractivity (Wildman–Crippen MR) is 68.4 cm³/mol. The molecule has 0 fully saturated rings. The van der Waals surface area contributed by atoms with Crippen LogP contribution < -0.4 is 5.32 Å². The van der Waals surface area contributed by atoms with E-state index < -0.39 is 0 Å². The van der Waals surface area contributed by atoms with Gasteiger partial charge in [0, 0.05) is 6.20 Å². The van der Waals surface area contributed by atoms with Gasteiger partial charge in [0.15, 0.2) is 0 Å². The van der Waals surface area contributed by atoms with Crippen LogP contribution in [0.3, 0.4) is 0 Å². The van der Waals surface area contributed by atoms with Crippen LogP contribution in [-0.4, -0.2) is 16.8 Å². The first kappa shape index (κ1) is 10.5. The molecule has 17 heavy (non-hydrogen) atoms. The van der Waals surface area contributed by atoms with Gasteiger partial charge in [0.1, 0.15) is 0 Å². The number of nitrogens with one attached hydrogen (secondary N) is 1. The standard InChI is InChI=1S/C14H17N3/c1-10-5-3-4-6-13(10)17-9-11-7-8-12(15-2)14(11)16-17/h3-6,9,12,15H,7-8H2,1-2H3. The Hall–Kier alpha value is -1.61. The quantitative estimate of drug-likeness (QED) is 0.853. The zero-order chi connectivity index (χ0) is 11.8. The molecule has 2 aromatic rings. The molecule has 0 saturated heterocycles. The van der Waals surface area contributed by atoms with Gasteiger partial charge in [0.05, 0.1) is 17.4 Å². The Morgan fingerprint density at radius 3 is 2.94 bits per heavy atom. The van der Waals surface area contributed by atoms with Crippen LogP contribution in [0, 0.1) is 6.92 Å². The fraction of sp³-hybridized carbons (Fsp3) is 0.357. The molecule has 1 aliphatic carbocycles. The van der Waals surface area contributed by atoms with Crippen LogP contribution in [0.4, 0.5) is 0 Å². The Balaban J connectivity index is 2.04. The maximum absolute atomic E-state index is 4.73. The van der Waals surface area contributed by atoms with Gasteiger partial charge in [-0.2, -0.15) is 5.10 Å². The van der Waals surface area contributed by atoms with Crippen molar-refractivity contribution in [2.75, 3.05) is 7.05 Å². The monoisotopic (exact) mass is 227 g/mol. The van der Waals surface area contributed by atoms with Gasteiger partial charge < -0.3 is 5.32 Å². The number of aromatic nitrogens is 2. The minimum Gasteiger partial charge on any atom is -0.312 e. The van der Waals surface area contributed by atoms with Crippen LogP contribution in [0.2, 0.25) is 0 Å². The Kier molecular flexibility index (Phi) is 2.48. The summed E-state index contributed by atoms with van der Waals surface area (Å²) in [5, 5.41) is 8.05. The lowest BCUT2D eigenvalue weighted by atomic mass is 10.2. The number of nitrogens with zero attached hydrogens (tertiary/aromatic N) is 2. The summed E-state index contributed by atoms with van der Waals surface area (Å²) in [5.74, 6) is 0. The topological polar surface area (TPSA) is 29.9 Å². The van der Waals surface area contributed by atoms with Crippen LogP contribution in [0.1, 0.15) is 29.3 Å². The summed E-state index contributed by atoms with van der Waals surface area (Å²) in [6, 6.07) is 8.79. The molecular formula is C14H17N3. The predicted octanol–water partition coefficient (Wildman–Crippen LogP) is 2.39.